The highest BCUT2D eigenvalue weighted by Crippen LogP contribution is 2.28. The summed E-state index contributed by atoms with van der Waals surface area (Å²) >= 11 is 3.33. The first-order valence-corrected chi connectivity index (χ1v) is 6.58. The van der Waals surface area contributed by atoms with Gasteiger partial charge in [-0.1, -0.05) is 19.1 Å². The van der Waals surface area contributed by atoms with Crippen molar-refractivity contribution in [3.63, 3.8) is 0 Å². The highest BCUT2D eigenvalue weighted by molar-refractivity contribution is 9.10. The lowest BCUT2D eigenvalue weighted by atomic mass is 10.1. The van der Waals surface area contributed by atoms with E-state index >= 15 is 0 Å². The summed E-state index contributed by atoms with van der Waals surface area (Å²) < 4.78 is 5.91. The second-order valence-electron chi connectivity index (χ2n) is 4.12. The second kappa shape index (κ2) is 6.99. The summed E-state index contributed by atoms with van der Waals surface area (Å²) in [5, 5.41) is 9.95. The Bertz CT molecular complexity index is 357. The number of para-hydroxylation sites is 1. The Kier molecular flexibility index (Phi) is 5.95. The van der Waals surface area contributed by atoms with Crippen LogP contribution in [0.15, 0.2) is 22.7 Å². The topological polar surface area (TPSA) is 32.7 Å². The highest BCUT2D eigenvalue weighted by atomic mass is 79.9. The normalized spacial score (nSPS) is 13.0. The van der Waals surface area contributed by atoms with Crippen molar-refractivity contribution in [3.05, 3.63) is 28.2 Å². The largest absolute Gasteiger partial charge is 0.506 e. The summed E-state index contributed by atoms with van der Waals surface area (Å²) in [7, 11) is 1.71. The van der Waals surface area contributed by atoms with E-state index in [2.05, 4.69) is 34.7 Å². The molecule has 1 rings (SSSR count). The molecule has 0 saturated heterocycles. The third kappa shape index (κ3) is 3.98. The van der Waals surface area contributed by atoms with Crippen LogP contribution in [0, 0.1) is 0 Å². The maximum absolute atomic E-state index is 9.95. The molecule has 96 valence electrons. The van der Waals surface area contributed by atoms with Crippen LogP contribution < -0.4 is 0 Å². The molecular weight excluding hydrogens is 282 g/mol. The van der Waals surface area contributed by atoms with Crippen molar-refractivity contribution in [1.82, 2.24) is 4.90 Å². The molecule has 3 nitrogen and oxygen atoms in total. The van der Waals surface area contributed by atoms with Crippen molar-refractivity contribution < 1.29 is 9.84 Å². The Morgan fingerprint density at radius 1 is 1.47 bits per heavy atom. The van der Waals surface area contributed by atoms with Gasteiger partial charge in [0.05, 0.1) is 11.1 Å². The van der Waals surface area contributed by atoms with Gasteiger partial charge in [-0.3, -0.25) is 4.90 Å². The van der Waals surface area contributed by atoms with E-state index in [1.54, 1.807) is 7.11 Å². The number of phenols is 1. The van der Waals surface area contributed by atoms with Gasteiger partial charge in [-0.2, -0.15) is 0 Å². The van der Waals surface area contributed by atoms with Crippen molar-refractivity contribution in [2.75, 3.05) is 20.3 Å². The van der Waals surface area contributed by atoms with Crippen LogP contribution in [0.5, 0.6) is 5.75 Å². The fourth-order valence-electron chi connectivity index (χ4n) is 1.83. The zero-order valence-electron chi connectivity index (χ0n) is 10.6. The highest BCUT2D eigenvalue weighted by Gasteiger charge is 2.14. The van der Waals surface area contributed by atoms with E-state index in [9.17, 15) is 5.11 Å². The van der Waals surface area contributed by atoms with E-state index < -0.39 is 0 Å². The summed E-state index contributed by atoms with van der Waals surface area (Å²) in [6.45, 7) is 6.59. The maximum Gasteiger partial charge on any atom is 0.134 e. The minimum atomic E-state index is 0.329. The molecule has 0 aliphatic heterocycles. The predicted octanol–water partition coefficient (Wildman–Crippen LogP) is 3.01. The molecule has 1 aromatic rings. The van der Waals surface area contributed by atoms with Crippen LogP contribution >= 0.6 is 15.9 Å². The van der Waals surface area contributed by atoms with E-state index in [1.165, 1.54) is 0 Å². The van der Waals surface area contributed by atoms with Gasteiger partial charge in [-0.05, 0) is 35.5 Å². The third-order valence-electron chi connectivity index (χ3n) is 2.88. The quantitative estimate of drug-likeness (QED) is 0.877. The van der Waals surface area contributed by atoms with Crippen LogP contribution in [0.4, 0.5) is 0 Å². The Hall–Kier alpha value is -0.580. The van der Waals surface area contributed by atoms with Gasteiger partial charge < -0.3 is 9.84 Å². The lowest BCUT2D eigenvalue weighted by Gasteiger charge is -2.27. The minimum absolute atomic E-state index is 0.329. The van der Waals surface area contributed by atoms with Gasteiger partial charge in [0.1, 0.15) is 5.75 Å². The predicted molar refractivity (Wildman–Crippen MR) is 73.2 cm³/mol. The summed E-state index contributed by atoms with van der Waals surface area (Å²) in [4.78, 5) is 2.27. The number of methoxy groups -OCH3 is 1. The summed E-state index contributed by atoms with van der Waals surface area (Å²) in [5.41, 5.74) is 0.934. The Balaban J connectivity index is 2.77. The van der Waals surface area contributed by atoms with Crippen LogP contribution in [-0.4, -0.2) is 36.3 Å². The molecular formula is C13H20BrNO2. The summed E-state index contributed by atoms with van der Waals surface area (Å²) in [5.74, 6) is 0.329. The Morgan fingerprint density at radius 3 is 2.76 bits per heavy atom. The first-order chi connectivity index (χ1) is 8.10. The molecule has 0 aromatic heterocycles. The lowest BCUT2D eigenvalue weighted by Crippen LogP contribution is -2.35. The van der Waals surface area contributed by atoms with Crippen LogP contribution in [0.2, 0.25) is 0 Å². The fraction of sp³-hybridized carbons (Fsp3) is 0.538. The van der Waals surface area contributed by atoms with E-state index in [4.69, 9.17) is 4.74 Å². The van der Waals surface area contributed by atoms with Gasteiger partial charge in [0.2, 0.25) is 0 Å². The molecule has 1 atom stereocenters. The van der Waals surface area contributed by atoms with Crippen LogP contribution in [0.1, 0.15) is 19.4 Å². The minimum Gasteiger partial charge on any atom is -0.506 e. The summed E-state index contributed by atoms with van der Waals surface area (Å²) in [6.07, 6.45) is 0. The molecule has 0 aliphatic carbocycles. The van der Waals surface area contributed by atoms with Crippen molar-refractivity contribution in [3.8, 4) is 5.75 Å². The molecule has 0 aliphatic rings. The number of likely N-dealkylation sites (N-methyl/N-ethyl adjacent to an activating group) is 1. The Morgan fingerprint density at radius 2 is 2.18 bits per heavy atom. The molecule has 0 fully saturated rings. The first-order valence-electron chi connectivity index (χ1n) is 5.79. The smallest absolute Gasteiger partial charge is 0.134 e. The molecule has 1 N–H and O–H groups in total. The average molecular weight is 302 g/mol. The van der Waals surface area contributed by atoms with Gasteiger partial charge in [-0.15, -0.1) is 0 Å². The van der Waals surface area contributed by atoms with E-state index in [-0.39, 0.29) is 0 Å². The van der Waals surface area contributed by atoms with Crippen molar-refractivity contribution in [2.45, 2.75) is 26.4 Å². The average Bonchev–Trinajstić information content (AvgIpc) is 2.31. The number of aromatic hydroxyl groups is 1. The molecule has 0 bridgehead atoms. The van der Waals surface area contributed by atoms with Crippen LogP contribution in [0.3, 0.4) is 0 Å². The maximum atomic E-state index is 9.95. The number of halogens is 1. The van der Waals surface area contributed by atoms with Crippen molar-refractivity contribution >= 4 is 15.9 Å². The monoisotopic (exact) mass is 301 g/mol. The number of hydrogen-bond acceptors (Lipinski definition) is 3. The lowest BCUT2D eigenvalue weighted by molar-refractivity contribution is 0.0976. The van der Waals surface area contributed by atoms with Gasteiger partial charge in [0.25, 0.3) is 0 Å². The number of nitrogens with zero attached hydrogens (tertiary/aromatic N) is 1. The molecule has 0 saturated carbocycles. The number of rotatable bonds is 6. The second-order valence-corrected chi connectivity index (χ2v) is 4.97. The van der Waals surface area contributed by atoms with E-state index in [1.807, 2.05) is 18.2 Å². The number of benzene rings is 1. The Labute approximate surface area is 112 Å². The number of ether oxygens (including phenoxy) is 1. The molecule has 17 heavy (non-hydrogen) atoms. The molecule has 0 heterocycles. The standard InChI is InChI=1S/C13H20BrNO2/c1-4-15(10(2)9-17-3)8-11-6-5-7-12(14)13(11)16/h5-7,10,16H,4,8-9H2,1-3H3. The van der Waals surface area contributed by atoms with E-state index in [0.717, 1.165) is 23.1 Å². The van der Waals surface area contributed by atoms with Gasteiger partial charge in [0, 0.05) is 25.3 Å². The SMILES string of the molecule is CCN(Cc1cccc(Br)c1O)C(C)COC. The van der Waals surface area contributed by atoms with Crippen LogP contribution in [-0.2, 0) is 11.3 Å². The third-order valence-corrected chi connectivity index (χ3v) is 3.52. The first kappa shape index (κ1) is 14.5. The molecule has 0 spiro atoms. The molecule has 0 amide bonds. The zero-order valence-corrected chi connectivity index (χ0v) is 12.2. The number of hydrogen-bond donors (Lipinski definition) is 1. The van der Waals surface area contributed by atoms with Crippen molar-refractivity contribution in [1.29, 1.82) is 0 Å². The summed E-state index contributed by atoms with van der Waals surface area (Å²) in [6, 6.07) is 6.06. The number of phenolic OH excluding ortho intramolecular Hbond substituents is 1. The molecule has 4 heteroatoms. The van der Waals surface area contributed by atoms with E-state index in [0.29, 0.717) is 18.4 Å². The molecule has 1 aromatic carbocycles. The fourth-order valence-corrected chi connectivity index (χ4v) is 2.24. The van der Waals surface area contributed by atoms with Gasteiger partial charge >= 0.3 is 0 Å². The van der Waals surface area contributed by atoms with Crippen LogP contribution in [0.25, 0.3) is 0 Å². The molecule has 1 unspecified atom stereocenters. The van der Waals surface area contributed by atoms with Gasteiger partial charge in [-0.25, -0.2) is 0 Å². The zero-order chi connectivity index (χ0) is 12.8. The molecule has 0 radical (unpaired) electrons. The van der Waals surface area contributed by atoms with Gasteiger partial charge in [0.15, 0.2) is 0 Å². The van der Waals surface area contributed by atoms with Crippen molar-refractivity contribution in [2.24, 2.45) is 0 Å².